The van der Waals surface area contributed by atoms with E-state index in [4.69, 9.17) is 0 Å². The van der Waals surface area contributed by atoms with E-state index < -0.39 is 10.0 Å². The molecule has 0 aliphatic rings. The SMILES string of the molecule is CC(C)(C)CS(=O)(=O)NC=O. The summed E-state index contributed by atoms with van der Waals surface area (Å²) in [5, 5.41) is 0. The fourth-order valence-electron chi connectivity index (χ4n) is 0.685. The van der Waals surface area contributed by atoms with Crippen LogP contribution in [-0.2, 0) is 14.8 Å². The molecule has 1 N–H and O–H groups in total. The fourth-order valence-corrected chi connectivity index (χ4v) is 2.06. The molecular formula is C6H13NO3S. The molecule has 0 heterocycles. The maximum atomic E-state index is 10.9. The molecule has 0 aliphatic carbocycles. The Labute approximate surface area is 67.0 Å². The maximum absolute atomic E-state index is 10.9. The van der Waals surface area contributed by atoms with Gasteiger partial charge < -0.3 is 0 Å². The minimum atomic E-state index is -3.41. The first kappa shape index (κ1) is 10.4. The molecule has 0 aromatic rings. The van der Waals surface area contributed by atoms with Gasteiger partial charge in [-0.1, -0.05) is 20.8 Å². The molecule has 0 bridgehead atoms. The molecule has 0 saturated heterocycles. The molecule has 1 amide bonds. The molecule has 5 heteroatoms. The van der Waals surface area contributed by atoms with Crippen molar-refractivity contribution in [3.8, 4) is 0 Å². The van der Waals surface area contributed by atoms with Crippen LogP contribution in [0.1, 0.15) is 20.8 Å². The number of sulfonamides is 1. The summed E-state index contributed by atoms with van der Waals surface area (Å²) in [6.45, 7) is 5.37. The zero-order valence-electron chi connectivity index (χ0n) is 6.92. The van der Waals surface area contributed by atoms with E-state index >= 15 is 0 Å². The lowest BCUT2D eigenvalue weighted by Crippen LogP contribution is -2.31. The van der Waals surface area contributed by atoms with Crippen LogP contribution in [0.5, 0.6) is 0 Å². The Morgan fingerprint density at radius 2 is 1.82 bits per heavy atom. The Bertz CT molecular complexity index is 225. The van der Waals surface area contributed by atoms with E-state index in [1.165, 1.54) is 0 Å². The zero-order valence-corrected chi connectivity index (χ0v) is 7.73. The average molecular weight is 179 g/mol. The monoisotopic (exact) mass is 179 g/mol. The second kappa shape index (κ2) is 3.21. The summed E-state index contributed by atoms with van der Waals surface area (Å²) < 4.78 is 23.6. The van der Waals surface area contributed by atoms with Crippen LogP contribution in [0.3, 0.4) is 0 Å². The van der Waals surface area contributed by atoms with Crippen LogP contribution in [-0.4, -0.2) is 20.6 Å². The first-order chi connectivity index (χ1) is 4.77. The molecule has 66 valence electrons. The summed E-state index contributed by atoms with van der Waals surface area (Å²) in [5.41, 5.74) is -0.325. The van der Waals surface area contributed by atoms with Gasteiger partial charge in [0.1, 0.15) is 0 Å². The highest BCUT2D eigenvalue weighted by Crippen LogP contribution is 2.14. The van der Waals surface area contributed by atoms with Crippen LogP contribution in [0.2, 0.25) is 0 Å². The molecule has 0 aliphatic heterocycles. The van der Waals surface area contributed by atoms with E-state index in [9.17, 15) is 13.2 Å². The molecule has 0 spiro atoms. The van der Waals surface area contributed by atoms with Gasteiger partial charge in [-0.25, -0.2) is 8.42 Å². The number of carbonyl (C=O) groups excluding carboxylic acids is 1. The molecule has 0 saturated carbocycles. The normalized spacial score (nSPS) is 12.6. The number of hydrogen-bond acceptors (Lipinski definition) is 3. The van der Waals surface area contributed by atoms with Crippen LogP contribution in [0, 0.1) is 5.41 Å². The Balaban J connectivity index is 4.26. The molecule has 4 nitrogen and oxygen atoms in total. The number of carbonyl (C=O) groups is 1. The van der Waals surface area contributed by atoms with Crippen molar-refractivity contribution in [2.75, 3.05) is 5.75 Å². The third kappa shape index (κ3) is 5.84. The zero-order chi connectivity index (χ0) is 9.12. The summed E-state index contributed by atoms with van der Waals surface area (Å²) in [5.74, 6) is -0.0429. The highest BCUT2D eigenvalue weighted by atomic mass is 32.2. The van der Waals surface area contributed by atoms with Gasteiger partial charge in [-0.3, -0.25) is 9.52 Å². The number of amides is 1. The minimum absolute atomic E-state index is 0.0429. The van der Waals surface area contributed by atoms with Crippen LogP contribution >= 0.6 is 0 Å². The molecular weight excluding hydrogens is 166 g/mol. The molecule has 0 aromatic carbocycles. The van der Waals surface area contributed by atoms with Crippen LogP contribution in [0.15, 0.2) is 0 Å². The minimum Gasteiger partial charge on any atom is -0.278 e. The van der Waals surface area contributed by atoms with Gasteiger partial charge in [0.25, 0.3) is 0 Å². The number of nitrogens with one attached hydrogen (secondary N) is 1. The van der Waals surface area contributed by atoms with Gasteiger partial charge in [0.15, 0.2) is 0 Å². The lowest BCUT2D eigenvalue weighted by Gasteiger charge is -2.16. The van der Waals surface area contributed by atoms with Crippen molar-refractivity contribution in [2.24, 2.45) is 5.41 Å². The summed E-state index contributed by atoms with van der Waals surface area (Å²) in [6, 6.07) is 0. The standard InChI is InChI=1S/C6H13NO3S/c1-6(2,3)4-11(9,10)7-5-8/h5H,4H2,1-3H3,(H,7,8). The summed E-state index contributed by atoms with van der Waals surface area (Å²) in [4.78, 5) is 9.82. The van der Waals surface area contributed by atoms with Crippen LogP contribution < -0.4 is 4.72 Å². The van der Waals surface area contributed by atoms with Gasteiger partial charge in [-0.05, 0) is 5.41 Å². The first-order valence-electron chi connectivity index (χ1n) is 3.20. The number of hydrogen-bond donors (Lipinski definition) is 1. The van der Waals surface area contributed by atoms with E-state index in [1.54, 1.807) is 25.5 Å². The second-order valence-electron chi connectivity index (χ2n) is 3.56. The average Bonchev–Trinajstić information content (AvgIpc) is 1.55. The Morgan fingerprint density at radius 3 is 2.09 bits per heavy atom. The van der Waals surface area contributed by atoms with Gasteiger partial charge in [0.05, 0.1) is 5.75 Å². The molecule has 0 rings (SSSR count). The van der Waals surface area contributed by atoms with Crippen molar-refractivity contribution >= 4 is 16.4 Å². The van der Waals surface area contributed by atoms with Crippen molar-refractivity contribution in [2.45, 2.75) is 20.8 Å². The lowest BCUT2D eigenvalue weighted by atomic mass is 10.0. The lowest BCUT2D eigenvalue weighted by molar-refractivity contribution is -0.108. The van der Waals surface area contributed by atoms with Gasteiger partial charge in [0, 0.05) is 0 Å². The second-order valence-corrected chi connectivity index (χ2v) is 5.31. The predicted molar refractivity (Wildman–Crippen MR) is 42.4 cm³/mol. The van der Waals surface area contributed by atoms with Gasteiger partial charge in [0.2, 0.25) is 16.4 Å². The quantitative estimate of drug-likeness (QED) is 0.625. The summed E-state index contributed by atoms with van der Waals surface area (Å²) >= 11 is 0. The fraction of sp³-hybridized carbons (Fsp3) is 0.833. The van der Waals surface area contributed by atoms with Crippen molar-refractivity contribution in [1.82, 2.24) is 4.72 Å². The Hall–Kier alpha value is -0.580. The van der Waals surface area contributed by atoms with Gasteiger partial charge in [-0.15, -0.1) is 0 Å². The highest BCUT2D eigenvalue weighted by Gasteiger charge is 2.20. The molecule has 0 aromatic heterocycles. The maximum Gasteiger partial charge on any atom is 0.235 e. The van der Waals surface area contributed by atoms with Crippen molar-refractivity contribution in [1.29, 1.82) is 0 Å². The summed E-state index contributed by atoms with van der Waals surface area (Å²) in [6.07, 6.45) is 0.182. The van der Waals surface area contributed by atoms with Gasteiger partial charge >= 0.3 is 0 Å². The number of rotatable bonds is 3. The highest BCUT2D eigenvalue weighted by molar-refractivity contribution is 7.89. The first-order valence-corrected chi connectivity index (χ1v) is 4.86. The van der Waals surface area contributed by atoms with Crippen molar-refractivity contribution in [3.63, 3.8) is 0 Å². The largest absolute Gasteiger partial charge is 0.278 e. The molecule has 11 heavy (non-hydrogen) atoms. The Morgan fingerprint density at radius 1 is 1.36 bits per heavy atom. The van der Waals surface area contributed by atoms with E-state index in [0.29, 0.717) is 0 Å². The predicted octanol–water partition coefficient (Wildman–Crippen LogP) is 0.108. The van der Waals surface area contributed by atoms with E-state index in [-0.39, 0.29) is 17.6 Å². The van der Waals surface area contributed by atoms with E-state index in [0.717, 1.165) is 0 Å². The molecule has 0 unspecified atom stereocenters. The Kier molecular flexibility index (Phi) is 3.04. The van der Waals surface area contributed by atoms with E-state index in [1.807, 2.05) is 0 Å². The van der Waals surface area contributed by atoms with Crippen LogP contribution in [0.25, 0.3) is 0 Å². The van der Waals surface area contributed by atoms with Crippen molar-refractivity contribution < 1.29 is 13.2 Å². The smallest absolute Gasteiger partial charge is 0.235 e. The molecule has 0 radical (unpaired) electrons. The topological polar surface area (TPSA) is 63.2 Å². The summed E-state index contributed by atoms with van der Waals surface area (Å²) in [7, 11) is -3.41. The van der Waals surface area contributed by atoms with Crippen LogP contribution in [0.4, 0.5) is 0 Å². The third-order valence-corrected chi connectivity index (χ3v) is 2.55. The van der Waals surface area contributed by atoms with Crippen molar-refractivity contribution in [3.05, 3.63) is 0 Å². The third-order valence-electron chi connectivity index (χ3n) is 0.851. The molecule has 0 atom stereocenters. The molecule has 0 fully saturated rings. The van der Waals surface area contributed by atoms with Gasteiger partial charge in [-0.2, -0.15) is 0 Å². The van der Waals surface area contributed by atoms with E-state index in [2.05, 4.69) is 0 Å².